The van der Waals surface area contributed by atoms with Gasteiger partial charge in [-0.05, 0) is 38.2 Å². The minimum Gasteiger partial charge on any atom is -0.408 e. The minimum atomic E-state index is -0.442. The molecular weight excluding hydrogens is 244 g/mol. The molecule has 0 radical (unpaired) electrons. The summed E-state index contributed by atoms with van der Waals surface area (Å²) in [6, 6.07) is 5.77. The van der Waals surface area contributed by atoms with Crippen LogP contribution in [0.15, 0.2) is 27.4 Å². The van der Waals surface area contributed by atoms with Gasteiger partial charge in [-0.25, -0.2) is 4.79 Å². The van der Waals surface area contributed by atoms with Crippen LogP contribution < -0.4 is 5.76 Å². The summed E-state index contributed by atoms with van der Waals surface area (Å²) in [5.74, 6) is -0.283. The minimum absolute atomic E-state index is 0.109. The summed E-state index contributed by atoms with van der Waals surface area (Å²) in [7, 11) is 3.98. The molecule has 0 aliphatic carbocycles. The lowest BCUT2D eigenvalue weighted by Gasteiger charge is -2.31. The first-order valence-corrected chi connectivity index (χ1v) is 6.46. The van der Waals surface area contributed by atoms with E-state index in [-0.39, 0.29) is 18.6 Å². The standard InChI is InChI=1S/C14H20N2O3/c1-4-9(8-17)13(16(2)3)10-5-6-12-11(7-10)15-14(18)19-12/h5-7,9,13,17H,4,8H2,1-3H3,(H,15,18). The Morgan fingerprint density at radius 2 is 2.16 bits per heavy atom. The molecule has 0 spiro atoms. The van der Waals surface area contributed by atoms with E-state index in [4.69, 9.17) is 4.42 Å². The predicted molar refractivity (Wildman–Crippen MR) is 74.1 cm³/mol. The summed E-state index contributed by atoms with van der Waals surface area (Å²) in [6.07, 6.45) is 0.888. The number of hydrogen-bond donors (Lipinski definition) is 2. The zero-order valence-corrected chi connectivity index (χ0v) is 11.5. The van der Waals surface area contributed by atoms with Gasteiger partial charge in [-0.2, -0.15) is 0 Å². The van der Waals surface area contributed by atoms with Gasteiger partial charge in [-0.3, -0.25) is 4.98 Å². The number of oxazole rings is 1. The van der Waals surface area contributed by atoms with E-state index in [0.717, 1.165) is 12.0 Å². The fraction of sp³-hybridized carbons (Fsp3) is 0.500. The van der Waals surface area contributed by atoms with Gasteiger partial charge in [0.1, 0.15) is 0 Å². The lowest BCUT2D eigenvalue weighted by Crippen LogP contribution is -2.29. The van der Waals surface area contributed by atoms with Crippen molar-refractivity contribution in [1.82, 2.24) is 9.88 Å². The number of fused-ring (bicyclic) bond motifs is 1. The number of H-pyrrole nitrogens is 1. The Morgan fingerprint density at radius 3 is 2.74 bits per heavy atom. The molecule has 2 aromatic rings. The third kappa shape index (κ3) is 2.72. The van der Waals surface area contributed by atoms with Crippen molar-refractivity contribution in [1.29, 1.82) is 0 Å². The smallest absolute Gasteiger partial charge is 0.408 e. The van der Waals surface area contributed by atoms with Crippen LogP contribution in [0.1, 0.15) is 24.9 Å². The number of nitrogens with zero attached hydrogens (tertiary/aromatic N) is 1. The SMILES string of the molecule is CCC(CO)C(c1ccc2oc(=O)[nH]c2c1)N(C)C. The summed E-state index contributed by atoms with van der Waals surface area (Å²) < 4.78 is 5.00. The zero-order valence-electron chi connectivity index (χ0n) is 11.5. The molecule has 2 rings (SSSR count). The van der Waals surface area contributed by atoms with Crippen molar-refractivity contribution >= 4 is 11.1 Å². The molecule has 2 unspecified atom stereocenters. The molecule has 1 aromatic carbocycles. The molecule has 1 heterocycles. The van der Waals surface area contributed by atoms with Crippen molar-refractivity contribution in [2.75, 3.05) is 20.7 Å². The fourth-order valence-electron chi connectivity index (χ4n) is 2.60. The van der Waals surface area contributed by atoms with Crippen LogP contribution in [-0.4, -0.2) is 35.7 Å². The van der Waals surface area contributed by atoms with E-state index in [2.05, 4.69) is 16.8 Å². The van der Waals surface area contributed by atoms with Crippen molar-refractivity contribution in [3.8, 4) is 0 Å². The van der Waals surface area contributed by atoms with Crippen LogP contribution in [-0.2, 0) is 0 Å². The van der Waals surface area contributed by atoms with E-state index in [1.165, 1.54) is 0 Å². The molecule has 0 fully saturated rings. The predicted octanol–water partition coefficient (Wildman–Crippen LogP) is 1.74. The molecule has 5 heteroatoms. The Hall–Kier alpha value is -1.59. The van der Waals surface area contributed by atoms with E-state index in [1.54, 1.807) is 6.07 Å². The van der Waals surface area contributed by atoms with Gasteiger partial charge >= 0.3 is 5.76 Å². The molecule has 1 aromatic heterocycles. The van der Waals surface area contributed by atoms with Crippen molar-refractivity contribution in [3.63, 3.8) is 0 Å². The monoisotopic (exact) mass is 264 g/mol. The van der Waals surface area contributed by atoms with Crippen LogP contribution in [0.3, 0.4) is 0 Å². The van der Waals surface area contributed by atoms with Gasteiger partial charge < -0.3 is 14.4 Å². The Bertz CT molecular complexity index is 596. The highest BCUT2D eigenvalue weighted by Crippen LogP contribution is 2.30. The fourth-order valence-corrected chi connectivity index (χ4v) is 2.60. The van der Waals surface area contributed by atoms with Crippen molar-refractivity contribution < 1.29 is 9.52 Å². The number of aromatic amines is 1. The summed E-state index contributed by atoms with van der Waals surface area (Å²) >= 11 is 0. The van der Waals surface area contributed by atoms with Crippen LogP contribution in [0.2, 0.25) is 0 Å². The highest BCUT2D eigenvalue weighted by molar-refractivity contribution is 5.72. The molecule has 0 bridgehead atoms. The maximum absolute atomic E-state index is 11.2. The normalized spacial score (nSPS) is 15.0. The van der Waals surface area contributed by atoms with Gasteiger partial charge in [0.25, 0.3) is 0 Å². The van der Waals surface area contributed by atoms with Crippen molar-refractivity contribution in [2.45, 2.75) is 19.4 Å². The molecule has 104 valence electrons. The zero-order chi connectivity index (χ0) is 14.0. The molecule has 5 nitrogen and oxygen atoms in total. The first-order valence-electron chi connectivity index (χ1n) is 6.46. The van der Waals surface area contributed by atoms with E-state index in [1.807, 2.05) is 26.2 Å². The molecule has 2 N–H and O–H groups in total. The first-order chi connectivity index (χ1) is 9.06. The number of benzene rings is 1. The van der Waals surface area contributed by atoms with Crippen LogP contribution in [0.25, 0.3) is 11.1 Å². The number of rotatable bonds is 5. The average molecular weight is 264 g/mol. The molecular formula is C14H20N2O3. The van der Waals surface area contributed by atoms with E-state index in [0.29, 0.717) is 11.1 Å². The molecule has 0 amide bonds. The largest absolute Gasteiger partial charge is 0.417 e. The maximum atomic E-state index is 11.2. The van der Waals surface area contributed by atoms with Crippen LogP contribution in [0, 0.1) is 5.92 Å². The van der Waals surface area contributed by atoms with E-state index >= 15 is 0 Å². The summed E-state index contributed by atoms with van der Waals surface area (Å²) in [5, 5.41) is 9.52. The second kappa shape index (κ2) is 5.59. The van der Waals surface area contributed by atoms with Gasteiger partial charge in [0, 0.05) is 18.6 Å². The molecule has 0 aliphatic rings. The van der Waals surface area contributed by atoms with Gasteiger partial charge in [-0.15, -0.1) is 0 Å². The number of aliphatic hydroxyl groups is 1. The number of nitrogens with one attached hydrogen (secondary N) is 1. The van der Waals surface area contributed by atoms with Crippen LogP contribution in [0.4, 0.5) is 0 Å². The van der Waals surface area contributed by atoms with Crippen molar-refractivity contribution in [3.05, 3.63) is 34.3 Å². The van der Waals surface area contributed by atoms with Gasteiger partial charge in [-0.1, -0.05) is 13.0 Å². The molecule has 0 aliphatic heterocycles. The summed E-state index contributed by atoms with van der Waals surface area (Å²) in [5.41, 5.74) is 2.32. The second-order valence-corrected chi connectivity index (χ2v) is 5.03. The van der Waals surface area contributed by atoms with Gasteiger partial charge in [0.15, 0.2) is 5.58 Å². The summed E-state index contributed by atoms with van der Waals surface area (Å²) in [4.78, 5) is 15.9. The topological polar surface area (TPSA) is 69.5 Å². The second-order valence-electron chi connectivity index (χ2n) is 5.03. The summed E-state index contributed by atoms with van der Waals surface area (Å²) in [6.45, 7) is 2.20. The van der Waals surface area contributed by atoms with Crippen LogP contribution >= 0.6 is 0 Å². The molecule has 2 atom stereocenters. The lowest BCUT2D eigenvalue weighted by atomic mass is 9.90. The Morgan fingerprint density at radius 1 is 1.42 bits per heavy atom. The van der Waals surface area contributed by atoms with Gasteiger partial charge in [0.05, 0.1) is 5.52 Å². The highest BCUT2D eigenvalue weighted by Gasteiger charge is 2.23. The first kappa shape index (κ1) is 13.8. The van der Waals surface area contributed by atoms with Crippen LogP contribution in [0.5, 0.6) is 0 Å². The van der Waals surface area contributed by atoms with E-state index in [9.17, 15) is 9.90 Å². The molecule has 0 saturated carbocycles. The third-order valence-corrected chi connectivity index (χ3v) is 3.55. The maximum Gasteiger partial charge on any atom is 0.417 e. The number of hydrogen-bond acceptors (Lipinski definition) is 4. The lowest BCUT2D eigenvalue weighted by molar-refractivity contribution is 0.130. The Labute approximate surface area is 111 Å². The van der Waals surface area contributed by atoms with E-state index < -0.39 is 5.76 Å². The number of aliphatic hydroxyl groups excluding tert-OH is 1. The quantitative estimate of drug-likeness (QED) is 0.863. The third-order valence-electron chi connectivity index (χ3n) is 3.55. The number of aromatic nitrogens is 1. The Kier molecular flexibility index (Phi) is 4.07. The Balaban J connectivity index is 2.46. The van der Waals surface area contributed by atoms with Crippen molar-refractivity contribution in [2.24, 2.45) is 5.92 Å². The highest BCUT2D eigenvalue weighted by atomic mass is 16.4. The molecule has 0 saturated heterocycles. The molecule has 19 heavy (non-hydrogen) atoms. The van der Waals surface area contributed by atoms with Gasteiger partial charge in [0.2, 0.25) is 0 Å². The average Bonchev–Trinajstić information content (AvgIpc) is 2.74.